The van der Waals surface area contributed by atoms with Crippen molar-refractivity contribution in [2.24, 2.45) is 5.92 Å². The molecule has 2 aromatic carbocycles. The summed E-state index contributed by atoms with van der Waals surface area (Å²) in [6.07, 6.45) is 4.94. The van der Waals surface area contributed by atoms with Gasteiger partial charge in [-0.1, -0.05) is 35.9 Å². The summed E-state index contributed by atoms with van der Waals surface area (Å²) in [5, 5.41) is 12.2. The van der Waals surface area contributed by atoms with Gasteiger partial charge in [-0.25, -0.2) is 4.98 Å². The number of hydrogen-bond acceptors (Lipinski definition) is 4. The lowest BCUT2D eigenvalue weighted by Gasteiger charge is -2.40. The highest BCUT2D eigenvalue weighted by Crippen LogP contribution is 2.30. The van der Waals surface area contributed by atoms with Crippen molar-refractivity contribution in [3.05, 3.63) is 75.3 Å². The fourth-order valence-electron chi connectivity index (χ4n) is 5.03. The Morgan fingerprint density at radius 3 is 2.69 bits per heavy atom. The van der Waals surface area contributed by atoms with E-state index in [1.54, 1.807) is 18.2 Å². The van der Waals surface area contributed by atoms with Gasteiger partial charge >= 0.3 is 0 Å². The number of likely N-dealkylation sites (tertiary alicyclic amines) is 1. The Balaban J connectivity index is 1.25. The number of aliphatic hydroxyl groups is 1. The average molecular weight is 452 g/mol. The van der Waals surface area contributed by atoms with Crippen LogP contribution >= 0.6 is 11.6 Å². The van der Waals surface area contributed by atoms with Crippen molar-refractivity contribution in [1.29, 1.82) is 0 Å². The molecular formula is C25H26ClN3O3. The minimum absolute atomic E-state index is 0.00947. The van der Waals surface area contributed by atoms with Gasteiger partial charge in [-0.05, 0) is 61.4 Å². The Labute approximate surface area is 191 Å². The normalized spacial score (nSPS) is 20.2. The first-order chi connectivity index (χ1) is 15.4. The predicted octanol–water partition coefficient (Wildman–Crippen LogP) is 3.21. The van der Waals surface area contributed by atoms with Gasteiger partial charge in [0.25, 0.3) is 5.56 Å². The highest BCUT2D eigenvalue weighted by molar-refractivity contribution is 6.31. The number of benzene rings is 2. The third-order valence-electron chi connectivity index (χ3n) is 6.95. The molecule has 7 heteroatoms. The number of aromatic nitrogens is 2. The van der Waals surface area contributed by atoms with Gasteiger partial charge in [-0.3, -0.25) is 14.2 Å². The summed E-state index contributed by atoms with van der Waals surface area (Å²) >= 11 is 5.99. The molecule has 6 nitrogen and oxygen atoms in total. The van der Waals surface area contributed by atoms with Crippen LogP contribution in [0.3, 0.4) is 0 Å². The van der Waals surface area contributed by atoms with Crippen LogP contribution in [0.1, 0.15) is 30.4 Å². The molecule has 5 rings (SSSR count). The second-order valence-electron chi connectivity index (χ2n) is 9.10. The number of piperidine rings is 1. The molecule has 166 valence electrons. The third-order valence-corrected chi connectivity index (χ3v) is 7.19. The fraction of sp³-hybridized carbons (Fsp3) is 0.400. The molecule has 0 bridgehead atoms. The lowest BCUT2D eigenvalue weighted by atomic mass is 9.82. The number of aryl methyl sites for hydroxylation is 1. The van der Waals surface area contributed by atoms with Gasteiger partial charge in [0.15, 0.2) is 0 Å². The average Bonchev–Trinajstić information content (AvgIpc) is 2.80. The molecule has 32 heavy (non-hydrogen) atoms. The Hall–Kier alpha value is -2.70. The van der Waals surface area contributed by atoms with E-state index in [0.717, 1.165) is 19.3 Å². The monoisotopic (exact) mass is 451 g/mol. The highest BCUT2D eigenvalue weighted by atomic mass is 35.5. The molecule has 1 N–H and O–H groups in total. The highest BCUT2D eigenvalue weighted by Gasteiger charge is 2.37. The summed E-state index contributed by atoms with van der Waals surface area (Å²) in [7, 11) is 0. The maximum atomic E-state index is 13.1. The molecule has 1 atom stereocenters. The van der Waals surface area contributed by atoms with Gasteiger partial charge in [-0.2, -0.15) is 0 Å². The van der Waals surface area contributed by atoms with Gasteiger partial charge in [-0.15, -0.1) is 0 Å². The molecule has 1 aliphatic carbocycles. The van der Waals surface area contributed by atoms with Crippen molar-refractivity contribution in [3.63, 3.8) is 0 Å². The van der Waals surface area contributed by atoms with Gasteiger partial charge in [0.2, 0.25) is 5.91 Å². The molecular weight excluding hydrogens is 426 g/mol. The van der Waals surface area contributed by atoms with Crippen LogP contribution in [0.15, 0.2) is 53.6 Å². The van der Waals surface area contributed by atoms with Crippen LogP contribution in [0.2, 0.25) is 5.02 Å². The second-order valence-corrected chi connectivity index (χ2v) is 9.53. The Morgan fingerprint density at radius 1 is 1.16 bits per heavy atom. The van der Waals surface area contributed by atoms with E-state index < -0.39 is 5.60 Å². The first-order valence-corrected chi connectivity index (χ1v) is 11.5. The summed E-state index contributed by atoms with van der Waals surface area (Å²) in [6, 6.07) is 13.3. The van der Waals surface area contributed by atoms with Crippen LogP contribution in [0, 0.1) is 5.92 Å². The lowest BCUT2D eigenvalue weighted by molar-refractivity contribution is -0.140. The first-order valence-electron chi connectivity index (χ1n) is 11.1. The summed E-state index contributed by atoms with van der Waals surface area (Å²) < 4.78 is 1.46. The smallest absolute Gasteiger partial charge is 0.261 e. The number of nitrogens with zero attached hydrogens (tertiary/aromatic N) is 3. The van der Waals surface area contributed by atoms with E-state index in [2.05, 4.69) is 23.2 Å². The summed E-state index contributed by atoms with van der Waals surface area (Å²) in [6.45, 7) is 1.16. The van der Waals surface area contributed by atoms with E-state index in [1.165, 1.54) is 22.0 Å². The van der Waals surface area contributed by atoms with E-state index in [9.17, 15) is 14.7 Å². The van der Waals surface area contributed by atoms with Crippen LogP contribution in [-0.4, -0.2) is 44.2 Å². The molecule has 1 aromatic heterocycles. The van der Waals surface area contributed by atoms with Gasteiger partial charge in [0.05, 0.1) is 29.4 Å². The molecule has 0 saturated carbocycles. The predicted molar refractivity (Wildman–Crippen MR) is 124 cm³/mol. The molecule has 0 spiro atoms. The van der Waals surface area contributed by atoms with Gasteiger partial charge in [0, 0.05) is 24.0 Å². The number of fused-ring (bicyclic) bond motifs is 2. The largest absolute Gasteiger partial charge is 0.388 e. The molecule has 1 saturated heterocycles. The zero-order valence-corrected chi connectivity index (χ0v) is 18.6. The topological polar surface area (TPSA) is 75.4 Å². The van der Waals surface area contributed by atoms with E-state index >= 15 is 0 Å². The Morgan fingerprint density at radius 2 is 1.91 bits per heavy atom. The minimum Gasteiger partial charge on any atom is -0.388 e. The van der Waals surface area contributed by atoms with Gasteiger partial charge < -0.3 is 10.0 Å². The minimum atomic E-state index is -1.04. The Kier molecular flexibility index (Phi) is 5.51. The van der Waals surface area contributed by atoms with Crippen molar-refractivity contribution in [2.45, 2.75) is 44.2 Å². The Bertz CT molecular complexity index is 1230. The van der Waals surface area contributed by atoms with Crippen LogP contribution in [0.5, 0.6) is 0 Å². The number of halogens is 1. The second kappa shape index (κ2) is 8.34. The number of carbonyl (C=O) groups is 1. The molecule has 1 unspecified atom stereocenters. The summed E-state index contributed by atoms with van der Waals surface area (Å²) in [4.78, 5) is 32.2. The van der Waals surface area contributed by atoms with E-state index in [0.29, 0.717) is 41.9 Å². The lowest BCUT2D eigenvalue weighted by Crippen LogP contribution is -2.51. The van der Waals surface area contributed by atoms with Crippen LogP contribution in [-0.2, 0) is 24.2 Å². The first kappa shape index (κ1) is 21.2. The number of carbonyl (C=O) groups excluding carboxylic acids is 1. The van der Waals surface area contributed by atoms with Crippen LogP contribution in [0.25, 0.3) is 10.9 Å². The van der Waals surface area contributed by atoms with Crippen molar-refractivity contribution < 1.29 is 9.90 Å². The van der Waals surface area contributed by atoms with Crippen molar-refractivity contribution in [3.8, 4) is 0 Å². The van der Waals surface area contributed by atoms with Crippen molar-refractivity contribution in [2.75, 3.05) is 13.1 Å². The molecule has 3 aromatic rings. The summed E-state index contributed by atoms with van der Waals surface area (Å²) in [5.41, 5.74) is 1.93. The zero-order chi connectivity index (χ0) is 22.3. The van der Waals surface area contributed by atoms with Gasteiger partial charge in [0.1, 0.15) is 0 Å². The SMILES string of the molecule is O=C(C1CCc2ccccc2C1)N1CCC(O)(Cn2cnc3cc(Cl)ccc3c2=O)CC1. The maximum Gasteiger partial charge on any atom is 0.261 e. The van der Waals surface area contributed by atoms with E-state index in [-0.39, 0.29) is 23.9 Å². The number of rotatable bonds is 3. The molecule has 0 radical (unpaired) electrons. The number of amides is 1. The quantitative estimate of drug-likeness (QED) is 0.663. The molecule has 2 heterocycles. The van der Waals surface area contributed by atoms with E-state index in [4.69, 9.17) is 11.6 Å². The van der Waals surface area contributed by atoms with Crippen LogP contribution in [0.4, 0.5) is 0 Å². The maximum absolute atomic E-state index is 13.1. The van der Waals surface area contributed by atoms with E-state index in [1.807, 2.05) is 11.0 Å². The third kappa shape index (κ3) is 4.05. The standard InChI is InChI=1S/C25H26ClN3O3/c26-20-7-8-21-22(14-20)27-16-29(24(21)31)15-25(32)9-11-28(12-10-25)23(30)19-6-5-17-3-1-2-4-18(17)13-19/h1-4,7-8,14,16,19,32H,5-6,9-13,15H2. The zero-order valence-electron chi connectivity index (χ0n) is 17.8. The summed E-state index contributed by atoms with van der Waals surface area (Å²) in [5.74, 6) is 0.193. The number of hydrogen-bond donors (Lipinski definition) is 1. The molecule has 1 amide bonds. The van der Waals surface area contributed by atoms with Crippen molar-refractivity contribution >= 4 is 28.4 Å². The van der Waals surface area contributed by atoms with Crippen LogP contribution < -0.4 is 5.56 Å². The molecule has 2 aliphatic rings. The molecule has 1 fully saturated rings. The molecule has 1 aliphatic heterocycles. The van der Waals surface area contributed by atoms with Crippen molar-refractivity contribution in [1.82, 2.24) is 14.5 Å². The fourth-order valence-corrected chi connectivity index (χ4v) is 5.20.